The summed E-state index contributed by atoms with van der Waals surface area (Å²) in [6.45, 7) is 2.19. The second kappa shape index (κ2) is 8.73. The van der Waals surface area contributed by atoms with E-state index in [0.29, 0.717) is 11.4 Å². The zero-order valence-electron chi connectivity index (χ0n) is 17.1. The van der Waals surface area contributed by atoms with Crippen molar-refractivity contribution in [1.82, 2.24) is 5.43 Å². The molecule has 0 aromatic heterocycles. The van der Waals surface area contributed by atoms with Crippen molar-refractivity contribution in [2.45, 2.75) is 13.5 Å². The number of nitrogens with zero attached hydrogens (tertiary/aromatic N) is 2. The molecule has 4 rings (SSSR count). The average molecular weight is 429 g/mol. The molecule has 160 valence electrons. The first-order valence-electron chi connectivity index (χ1n) is 9.81. The predicted molar refractivity (Wildman–Crippen MR) is 119 cm³/mol. The summed E-state index contributed by atoms with van der Waals surface area (Å²) in [5, 5.41) is 12.4. The zero-order valence-corrected chi connectivity index (χ0v) is 17.1. The number of hydrogen-bond acceptors (Lipinski definition) is 5. The molecule has 1 aliphatic rings. The highest BCUT2D eigenvalue weighted by molar-refractivity contribution is 6.31. The lowest BCUT2D eigenvalue weighted by molar-refractivity contribution is -0.384. The number of non-ortho nitro benzene ring substituents is 1. The van der Waals surface area contributed by atoms with Crippen LogP contribution in [0.4, 0.5) is 11.4 Å². The van der Waals surface area contributed by atoms with E-state index in [2.05, 4.69) is 5.43 Å². The van der Waals surface area contributed by atoms with Crippen LogP contribution in [0.1, 0.15) is 16.7 Å². The van der Waals surface area contributed by atoms with Crippen molar-refractivity contribution >= 4 is 29.3 Å². The Kier molecular flexibility index (Phi) is 5.67. The highest BCUT2D eigenvalue weighted by Gasteiger charge is 2.34. The molecule has 1 fully saturated rings. The fraction of sp³-hybridized carbons (Fsp3) is 0.0833. The number of carbonyl (C=O) groups is 2. The molecule has 1 aliphatic heterocycles. The van der Waals surface area contributed by atoms with Crippen LogP contribution in [0.3, 0.4) is 0 Å². The highest BCUT2D eigenvalue weighted by atomic mass is 16.6. The van der Waals surface area contributed by atoms with Crippen molar-refractivity contribution < 1.29 is 19.2 Å². The molecule has 0 aliphatic carbocycles. The third-order valence-corrected chi connectivity index (χ3v) is 4.89. The number of hydrogen-bond donors (Lipinski definition) is 1. The van der Waals surface area contributed by atoms with E-state index in [1.54, 1.807) is 30.3 Å². The van der Waals surface area contributed by atoms with Gasteiger partial charge in [-0.25, -0.2) is 5.01 Å². The number of aryl methyl sites for hydroxylation is 1. The van der Waals surface area contributed by atoms with Gasteiger partial charge >= 0.3 is 0 Å². The largest absolute Gasteiger partial charge is 0.488 e. The Morgan fingerprint density at radius 2 is 1.81 bits per heavy atom. The molecule has 0 radical (unpaired) electrons. The topological polar surface area (TPSA) is 102 Å². The normalized spacial score (nSPS) is 14.5. The van der Waals surface area contributed by atoms with Crippen LogP contribution in [0.15, 0.2) is 78.4 Å². The van der Waals surface area contributed by atoms with Crippen LogP contribution in [-0.4, -0.2) is 16.7 Å². The van der Waals surface area contributed by atoms with Gasteiger partial charge in [-0.1, -0.05) is 48.0 Å². The number of amides is 2. The number of ether oxygens (including phenoxy) is 1. The van der Waals surface area contributed by atoms with Gasteiger partial charge in [0.2, 0.25) is 0 Å². The maximum atomic E-state index is 12.9. The van der Waals surface area contributed by atoms with E-state index in [0.717, 1.165) is 16.1 Å². The lowest BCUT2D eigenvalue weighted by atomic mass is 10.1. The molecule has 1 saturated heterocycles. The summed E-state index contributed by atoms with van der Waals surface area (Å²) in [6, 6.07) is 20.5. The average Bonchev–Trinajstić information content (AvgIpc) is 3.07. The van der Waals surface area contributed by atoms with E-state index in [4.69, 9.17) is 4.74 Å². The van der Waals surface area contributed by atoms with Gasteiger partial charge in [0, 0.05) is 17.7 Å². The number of nitro benzene ring substituents is 1. The summed E-state index contributed by atoms with van der Waals surface area (Å²) < 4.78 is 5.88. The van der Waals surface area contributed by atoms with Crippen molar-refractivity contribution in [3.05, 3.63) is 105 Å². The number of para-hydroxylation sites is 1. The van der Waals surface area contributed by atoms with Crippen molar-refractivity contribution in [3.8, 4) is 5.75 Å². The third-order valence-electron chi connectivity index (χ3n) is 4.89. The number of nitro groups is 1. The molecule has 8 nitrogen and oxygen atoms in total. The number of rotatable bonds is 6. The molecule has 0 unspecified atom stereocenters. The summed E-state index contributed by atoms with van der Waals surface area (Å²) >= 11 is 0. The van der Waals surface area contributed by atoms with Crippen LogP contribution in [0, 0.1) is 17.0 Å². The van der Waals surface area contributed by atoms with E-state index in [1.807, 2.05) is 31.2 Å². The smallest absolute Gasteiger partial charge is 0.282 e. The van der Waals surface area contributed by atoms with Crippen LogP contribution in [0.5, 0.6) is 5.75 Å². The molecule has 0 saturated carbocycles. The third kappa shape index (κ3) is 4.34. The molecule has 0 spiro atoms. The van der Waals surface area contributed by atoms with E-state index < -0.39 is 16.7 Å². The van der Waals surface area contributed by atoms with Gasteiger partial charge in [0.25, 0.3) is 17.5 Å². The van der Waals surface area contributed by atoms with Gasteiger partial charge in [-0.05, 0) is 36.8 Å². The zero-order chi connectivity index (χ0) is 22.7. The molecule has 1 heterocycles. The number of hydrazine groups is 1. The van der Waals surface area contributed by atoms with Crippen molar-refractivity contribution in [3.63, 3.8) is 0 Å². The van der Waals surface area contributed by atoms with Crippen molar-refractivity contribution in [2.24, 2.45) is 0 Å². The maximum absolute atomic E-state index is 12.9. The molecule has 1 N–H and O–H groups in total. The molecule has 0 bridgehead atoms. The fourth-order valence-electron chi connectivity index (χ4n) is 3.33. The predicted octanol–water partition coefficient (Wildman–Crippen LogP) is 3.94. The van der Waals surface area contributed by atoms with Gasteiger partial charge in [-0.15, -0.1) is 0 Å². The fourth-order valence-corrected chi connectivity index (χ4v) is 3.33. The minimum Gasteiger partial charge on any atom is -0.488 e. The molecular weight excluding hydrogens is 410 g/mol. The lowest BCUT2D eigenvalue weighted by Gasteiger charge is -2.14. The van der Waals surface area contributed by atoms with Gasteiger partial charge in [0.15, 0.2) is 0 Å². The number of anilines is 1. The van der Waals surface area contributed by atoms with Crippen LogP contribution in [0.2, 0.25) is 0 Å². The standard InChI is InChI=1S/C24H19N3O5/c1-16-6-5-7-17(12-16)15-32-22-11-10-20(27(30)31)13-18(22)14-21-23(28)25-26(24(21)29)19-8-3-2-4-9-19/h2-14H,15H2,1H3,(H,25,28)/b21-14-. The summed E-state index contributed by atoms with van der Waals surface area (Å²) in [5.74, 6) is -0.837. The molecule has 3 aromatic rings. The Morgan fingerprint density at radius 1 is 1.03 bits per heavy atom. The van der Waals surface area contributed by atoms with E-state index in [9.17, 15) is 19.7 Å². The van der Waals surface area contributed by atoms with Gasteiger partial charge < -0.3 is 4.74 Å². The number of benzene rings is 3. The number of carbonyl (C=O) groups excluding carboxylic acids is 2. The lowest BCUT2D eigenvalue weighted by Crippen LogP contribution is -2.35. The Bertz CT molecular complexity index is 1240. The molecule has 3 aromatic carbocycles. The molecule has 8 heteroatoms. The quantitative estimate of drug-likeness (QED) is 0.277. The Hall–Kier alpha value is -4.46. The van der Waals surface area contributed by atoms with E-state index in [1.165, 1.54) is 24.3 Å². The number of nitrogens with one attached hydrogen (secondary N) is 1. The first-order valence-corrected chi connectivity index (χ1v) is 9.81. The first-order chi connectivity index (χ1) is 15.4. The molecular formula is C24H19N3O5. The second-order valence-corrected chi connectivity index (χ2v) is 7.23. The summed E-state index contributed by atoms with van der Waals surface area (Å²) in [4.78, 5) is 36.1. The Labute approximate surface area is 183 Å². The van der Waals surface area contributed by atoms with Gasteiger partial charge in [0.1, 0.15) is 17.9 Å². The molecule has 0 atom stereocenters. The van der Waals surface area contributed by atoms with Crippen molar-refractivity contribution in [1.29, 1.82) is 0 Å². The summed E-state index contributed by atoms with van der Waals surface area (Å²) in [6.07, 6.45) is 1.32. The van der Waals surface area contributed by atoms with E-state index >= 15 is 0 Å². The minimum absolute atomic E-state index is 0.144. The van der Waals surface area contributed by atoms with Crippen molar-refractivity contribution in [2.75, 3.05) is 5.01 Å². The monoisotopic (exact) mass is 429 g/mol. The van der Waals surface area contributed by atoms with Crippen LogP contribution < -0.4 is 15.2 Å². The Morgan fingerprint density at radius 3 is 2.53 bits per heavy atom. The Balaban J connectivity index is 1.67. The van der Waals surface area contributed by atoms with Gasteiger partial charge in [-0.2, -0.15) is 0 Å². The van der Waals surface area contributed by atoms with Crippen LogP contribution >= 0.6 is 0 Å². The van der Waals surface area contributed by atoms with Gasteiger partial charge in [0.05, 0.1) is 10.6 Å². The first kappa shape index (κ1) is 20.8. The summed E-state index contributed by atoms with van der Waals surface area (Å²) in [7, 11) is 0. The highest BCUT2D eigenvalue weighted by Crippen LogP contribution is 2.29. The SMILES string of the molecule is Cc1cccc(COc2ccc([N+](=O)[O-])cc2/C=C2/C(=O)NN(c3ccccc3)C2=O)c1. The molecule has 32 heavy (non-hydrogen) atoms. The maximum Gasteiger partial charge on any atom is 0.282 e. The minimum atomic E-state index is -0.602. The van der Waals surface area contributed by atoms with E-state index in [-0.39, 0.29) is 23.4 Å². The summed E-state index contributed by atoms with van der Waals surface area (Å²) in [5.41, 5.74) is 4.96. The van der Waals surface area contributed by atoms with Gasteiger partial charge in [-0.3, -0.25) is 25.1 Å². The van der Waals surface area contributed by atoms with Crippen LogP contribution in [0.25, 0.3) is 6.08 Å². The molecule has 2 amide bonds. The second-order valence-electron chi connectivity index (χ2n) is 7.23. The van der Waals surface area contributed by atoms with Crippen LogP contribution in [-0.2, 0) is 16.2 Å².